The lowest BCUT2D eigenvalue weighted by Gasteiger charge is -2.31. The Balaban J connectivity index is 0.00000161. The molecule has 3 nitrogen and oxygen atoms in total. The van der Waals surface area contributed by atoms with Crippen LogP contribution in [0.15, 0.2) is 22.7 Å². The molecule has 0 radical (unpaired) electrons. The van der Waals surface area contributed by atoms with Crippen molar-refractivity contribution in [3.05, 3.63) is 33.9 Å². The van der Waals surface area contributed by atoms with Gasteiger partial charge in [0.05, 0.1) is 21.4 Å². The van der Waals surface area contributed by atoms with E-state index in [0.29, 0.717) is 0 Å². The summed E-state index contributed by atoms with van der Waals surface area (Å²) in [5, 5.41) is 4.68. The predicted octanol–water partition coefficient (Wildman–Crippen LogP) is 3.70. The van der Waals surface area contributed by atoms with Gasteiger partial charge in [0.15, 0.2) is 0 Å². The lowest BCUT2D eigenvalue weighted by Crippen LogP contribution is -2.43. The van der Waals surface area contributed by atoms with Crippen LogP contribution in [0.4, 0.5) is 5.69 Å². The number of hydrogen-bond acceptors (Lipinski definition) is 3. The molecule has 0 aliphatic carbocycles. The second-order valence-corrected chi connectivity index (χ2v) is 6.09. The maximum absolute atomic E-state index is 4.72. The van der Waals surface area contributed by atoms with Crippen molar-refractivity contribution in [1.82, 2.24) is 10.3 Å². The van der Waals surface area contributed by atoms with E-state index in [1.54, 1.807) is 0 Å². The molecule has 3 rings (SSSR count). The summed E-state index contributed by atoms with van der Waals surface area (Å²) in [6, 6.07) is 6.63. The number of fused-ring (bicyclic) bond motifs is 1. The highest BCUT2D eigenvalue weighted by molar-refractivity contribution is 9.10. The zero-order valence-electron chi connectivity index (χ0n) is 12.4. The van der Waals surface area contributed by atoms with E-state index < -0.39 is 0 Å². The Hall–Kier alpha value is -0.840. The SMILES string of the molecule is CCc1ccc2nc(C)c(Br)c(N3CCNCC3)c2c1.Cl. The molecule has 0 amide bonds. The molecule has 2 aromatic rings. The van der Waals surface area contributed by atoms with Crippen molar-refractivity contribution < 1.29 is 0 Å². The number of aryl methyl sites for hydroxylation is 2. The Morgan fingerprint density at radius 3 is 2.67 bits per heavy atom. The fraction of sp³-hybridized carbons (Fsp3) is 0.438. The topological polar surface area (TPSA) is 28.2 Å². The van der Waals surface area contributed by atoms with Gasteiger partial charge in [-0.05, 0) is 47.0 Å². The summed E-state index contributed by atoms with van der Waals surface area (Å²) in [4.78, 5) is 7.19. The van der Waals surface area contributed by atoms with Gasteiger partial charge in [-0.1, -0.05) is 13.0 Å². The number of anilines is 1. The minimum Gasteiger partial charge on any atom is -0.367 e. The van der Waals surface area contributed by atoms with E-state index >= 15 is 0 Å². The van der Waals surface area contributed by atoms with E-state index in [-0.39, 0.29) is 12.4 Å². The molecule has 1 aliphatic heterocycles. The van der Waals surface area contributed by atoms with Gasteiger partial charge in [0.1, 0.15) is 0 Å². The molecule has 0 atom stereocenters. The van der Waals surface area contributed by atoms with Gasteiger partial charge >= 0.3 is 0 Å². The van der Waals surface area contributed by atoms with Crippen molar-refractivity contribution >= 4 is 44.9 Å². The van der Waals surface area contributed by atoms with Crippen LogP contribution < -0.4 is 10.2 Å². The van der Waals surface area contributed by atoms with Gasteiger partial charge in [0, 0.05) is 31.6 Å². The number of halogens is 2. The lowest BCUT2D eigenvalue weighted by molar-refractivity contribution is 0.589. The molecular weight excluding hydrogens is 350 g/mol. The summed E-state index contributed by atoms with van der Waals surface area (Å²) in [6.07, 6.45) is 1.06. The number of nitrogens with zero attached hydrogens (tertiary/aromatic N) is 2. The van der Waals surface area contributed by atoms with E-state index in [2.05, 4.69) is 58.2 Å². The molecule has 0 unspecified atom stereocenters. The fourth-order valence-corrected chi connectivity index (χ4v) is 3.36. The van der Waals surface area contributed by atoms with Gasteiger partial charge in [-0.15, -0.1) is 12.4 Å². The third-order valence-electron chi connectivity index (χ3n) is 3.97. The van der Waals surface area contributed by atoms with E-state index in [9.17, 15) is 0 Å². The van der Waals surface area contributed by atoms with E-state index in [1.165, 1.54) is 16.6 Å². The van der Waals surface area contributed by atoms with E-state index in [0.717, 1.165) is 48.3 Å². The molecule has 1 fully saturated rings. The van der Waals surface area contributed by atoms with Crippen LogP contribution in [0.1, 0.15) is 18.2 Å². The first kappa shape index (κ1) is 16.5. The Morgan fingerprint density at radius 2 is 2.00 bits per heavy atom. The van der Waals surface area contributed by atoms with Crippen molar-refractivity contribution in [3.63, 3.8) is 0 Å². The van der Waals surface area contributed by atoms with Gasteiger partial charge in [-0.25, -0.2) is 0 Å². The Bertz CT molecular complexity index is 639. The highest BCUT2D eigenvalue weighted by Crippen LogP contribution is 2.36. The van der Waals surface area contributed by atoms with Gasteiger partial charge < -0.3 is 10.2 Å². The summed E-state index contributed by atoms with van der Waals surface area (Å²) in [5.74, 6) is 0. The predicted molar refractivity (Wildman–Crippen MR) is 95.9 cm³/mol. The third-order valence-corrected chi connectivity index (χ3v) is 4.92. The van der Waals surface area contributed by atoms with Gasteiger partial charge in [-0.3, -0.25) is 4.98 Å². The Kier molecular flexibility index (Phi) is 5.47. The minimum atomic E-state index is 0. The molecule has 114 valence electrons. The first-order valence-corrected chi connectivity index (χ1v) is 8.04. The van der Waals surface area contributed by atoms with Crippen molar-refractivity contribution in [2.45, 2.75) is 20.3 Å². The van der Waals surface area contributed by atoms with Crippen LogP contribution in [0, 0.1) is 6.92 Å². The summed E-state index contributed by atoms with van der Waals surface area (Å²) >= 11 is 3.76. The summed E-state index contributed by atoms with van der Waals surface area (Å²) in [6.45, 7) is 8.46. The number of aromatic nitrogens is 1. The van der Waals surface area contributed by atoms with Crippen LogP contribution in [0.5, 0.6) is 0 Å². The largest absolute Gasteiger partial charge is 0.367 e. The van der Waals surface area contributed by atoms with Crippen molar-refractivity contribution in [2.75, 3.05) is 31.1 Å². The van der Waals surface area contributed by atoms with Crippen molar-refractivity contribution in [2.24, 2.45) is 0 Å². The van der Waals surface area contributed by atoms with Crippen LogP contribution in [-0.2, 0) is 6.42 Å². The second kappa shape index (κ2) is 6.95. The van der Waals surface area contributed by atoms with Gasteiger partial charge in [0.2, 0.25) is 0 Å². The maximum atomic E-state index is 4.72. The Morgan fingerprint density at radius 1 is 1.29 bits per heavy atom. The van der Waals surface area contributed by atoms with E-state index in [4.69, 9.17) is 4.98 Å². The molecule has 0 spiro atoms. The van der Waals surface area contributed by atoms with Gasteiger partial charge in [0.25, 0.3) is 0 Å². The maximum Gasteiger partial charge on any atom is 0.0727 e. The summed E-state index contributed by atoms with van der Waals surface area (Å²) in [5.41, 5.74) is 4.84. The molecule has 21 heavy (non-hydrogen) atoms. The molecule has 1 N–H and O–H groups in total. The molecule has 2 heterocycles. The number of rotatable bonds is 2. The molecule has 0 bridgehead atoms. The highest BCUT2D eigenvalue weighted by Gasteiger charge is 2.18. The zero-order chi connectivity index (χ0) is 14.1. The quantitative estimate of drug-likeness (QED) is 0.873. The van der Waals surface area contributed by atoms with Crippen LogP contribution in [0.2, 0.25) is 0 Å². The van der Waals surface area contributed by atoms with E-state index in [1.807, 2.05) is 0 Å². The average Bonchev–Trinajstić information content (AvgIpc) is 2.49. The van der Waals surface area contributed by atoms with Crippen LogP contribution >= 0.6 is 28.3 Å². The van der Waals surface area contributed by atoms with Crippen LogP contribution in [-0.4, -0.2) is 31.2 Å². The third kappa shape index (κ3) is 3.17. The standard InChI is InChI=1S/C16H20BrN3.ClH/c1-3-12-4-5-14-13(10-12)16(15(17)11(2)19-14)20-8-6-18-7-9-20;/h4-5,10,18H,3,6-9H2,1-2H3;1H. The molecule has 1 aliphatic rings. The lowest BCUT2D eigenvalue weighted by atomic mass is 10.1. The van der Waals surface area contributed by atoms with Crippen molar-refractivity contribution in [3.8, 4) is 0 Å². The monoisotopic (exact) mass is 369 g/mol. The van der Waals surface area contributed by atoms with Crippen LogP contribution in [0.3, 0.4) is 0 Å². The minimum absolute atomic E-state index is 0. The first-order valence-electron chi connectivity index (χ1n) is 7.25. The normalized spacial score (nSPS) is 15.1. The molecule has 1 aromatic carbocycles. The second-order valence-electron chi connectivity index (χ2n) is 5.30. The number of nitrogens with one attached hydrogen (secondary N) is 1. The Labute approximate surface area is 140 Å². The molecular formula is C16H21BrClN3. The summed E-state index contributed by atoms with van der Waals surface area (Å²) < 4.78 is 1.14. The van der Waals surface area contributed by atoms with Crippen molar-refractivity contribution in [1.29, 1.82) is 0 Å². The van der Waals surface area contributed by atoms with Gasteiger partial charge in [-0.2, -0.15) is 0 Å². The fourth-order valence-electron chi connectivity index (χ4n) is 2.81. The first-order chi connectivity index (χ1) is 9.70. The smallest absolute Gasteiger partial charge is 0.0727 e. The summed E-state index contributed by atoms with van der Waals surface area (Å²) in [7, 11) is 0. The number of piperazine rings is 1. The average molecular weight is 371 g/mol. The zero-order valence-corrected chi connectivity index (χ0v) is 14.9. The molecule has 5 heteroatoms. The number of benzene rings is 1. The number of hydrogen-bond donors (Lipinski definition) is 1. The molecule has 1 saturated heterocycles. The molecule has 1 aromatic heterocycles. The highest BCUT2D eigenvalue weighted by atomic mass is 79.9. The van der Waals surface area contributed by atoms with Crippen LogP contribution in [0.25, 0.3) is 10.9 Å². The number of pyridine rings is 1. The molecule has 0 saturated carbocycles.